The van der Waals surface area contributed by atoms with Gasteiger partial charge in [0.25, 0.3) is 5.89 Å². The summed E-state index contributed by atoms with van der Waals surface area (Å²) in [5.41, 5.74) is 2.71. The van der Waals surface area contributed by atoms with Gasteiger partial charge >= 0.3 is 5.97 Å². The molecule has 0 unspecified atom stereocenters. The van der Waals surface area contributed by atoms with Crippen LogP contribution >= 0.6 is 0 Å². The van der Waals surface area contributed by atoms with Crippen LogP contribution in [0.25, 0.3) is 17.5 Å². The van der Waals surface area contributed by atoms with E-state index in [2.05, 4.69) is 10.1 Å². The number of aromatic nitrogens is 2. The highest BCUT2D eigenvalue weighted by Crippen LogP contribution is 2.32. The van der Waals surface area contributed by atoms with Gasteiger partial charge in [-0.2, -0.15) is 4.98 Å². The first-order valence-electron chi connectivity index (χ1n) is 8.32. The SMILES string of the molecule is Cc1ccccc1-c1noc(COC(=O)/C=C/c2ccc3c(c2)OCO3)n1. The Kier molecular flexibility index (Phi) is 4.57. The number of carbonyl (C=O) groups excluding carboxylic acids is 1. The van der Waals surface area contributed by atoms with Crippen LogP contribution in [0, 0.1) is 6.92 Å². The number of hydrogen-bond donors (Lipinski definition) is 0. The Morgan fingerprint density at radius 2 is 2.04 bits per heavy atom. The Labute approximate surface area is 155 Å². The van der Waals surface area contributed by atoms with Crippen LogP contribution in [0.2, 0.25) is 0 Å². The van der Waals surface area contributed by atoms with E-state index in [9.17, 15) is 4.79 Å². The molecule has 1 aliphatic rings. The van der Waals surface area contributed by atoms with Gasteiger partial charge in [0.2, 0.25) is 12.6 Å². The Morgan fingerprint density at radius 3 is 2.93 bits per heavy atom. The van der Waals surface area contributed by atoms with E-state index in [0.717, 1.165) is 16.7 Å². The predicted molar refractivity (Wildman–Crippen MR) is 95.9 cm³/mol. The summed E-state index contributed by atoms with van der Waals surface area (Å²) in [5, 5.41) is 3.93. The second kappa shape index (κ2) is 7.33. The molecule has 0 fully saturated rings. The van der Waals surface area contributed by atoms with Crippen molar-refractivity contribution in [1.29, 1.82) is 0 Å². The van der Waals surface area contributed by atoms with Crippen LogP contribution in [0.5, 0.6) is 11.5 Å². The minimum absolute atomic E-state index is 0.0941. The van der Waals surface area contributed by atoms with E-state index < -0.39 is 5.97 Å². The fraction of sp³-hybridized carbons (Fsp3) is 0.150. The summed E-state index contributed by atoms with van der Waals surface area (Å²) in [5.74, 6) is 1.53. The smallest absolute Gasteiger partial charge is 0.331 e. The molecule has 136 valence electrons. The van der Waals surface area contributed by atoms with Gasteiger partial charge in [-0.15, -0.1) is 0 Å². The molecule has 4 rings (SSSR count). The normalized spacial score (nSPS) is 12.5. The van der Waals surface area contributed by atoms with Gasteiger partial charge in [-0.05, 0) is 36.3 Å². The molecule has 2 aromatic carbocycles. The Balaban J connectivity index is 1.35. The minimum atomic E-state index is -0.511. The standard InChI is InChI=1S/C20H16N2O5/c1-13-4-2-3-5-15(13)20-21-18(27-22-20)11-24-19(23)9-7-14-6-8-16-17(10-14)26-12-25-16/h2-10H,11-12H2,1H3/b9-7+. The van der Waals surface area contributed by atoms with Crippen molar-refractivity contribution in [2.45, 2.75) is 13.5 Å². The van der Waals surface area contributed by atoms with Gasteiger partial charge in [0, 0.05) is 11.6 Å². The molecule has 3 aromatic rings. The van der Waals surface area contributed by atoms with Gasteiger partial charge in [-0.3, -0.25) is 0 Å². The first kappa shape index (κ1) is 16.8. The summed E-state index contributed by atoms with van der Waals surface area (Å²) in [6, 6.07) is 13.1. The zero-order valence-corrected chi connectivity index (χ0v) is 14.5. The van der Waals surface area contributed by atoms with E-state index in [1.165, 1.54) is 6.08 Å². The van der Waals surface area contributed by atoms with Crippen LogP contribution in [0.1, 0.15) is 17.0 Å². The number of benzene rings is 2. The molecule has 0 spiro atoms. The molecular weight excluding hydrogens is 348 g/mol. The fourth-order valence-electron chi connectivity index (χ4n) is 2.61. The van der Waals surface area contributed by atoms with Crippen LogP contribution in [-0.2, 0) is 16.1 Å². The largest absolute Gasteiger partial charge is 0.454 e. The zero-order chi connectivity index (χ0) is 18.6. The number of aryl methyl sites for hydroxylation is 1. The number of nitrogens with zero attached hydrogens (tertiary/aromatic N) is 2. The number of carbonyl (C=O) groups is 1. The molecule has 0 N–H and O–H groups in total. The van der Waals surface area contributed by atoms with Crippen molar-refractivity contribution >= 4 is 12.0 Å². The fourth-order valence-corrected chi connectivity index (χ4v) is 2.61. The Hall–Kier alpha value is -3.61. The molecule has 1 aliphatic heterocycles. The van der Waals surface area contributed by atoms with Gasteiger partial charge in [0.15, 0.2) is 18.1 Å². The second-order valence-corrected chi connectivity index (χ2v) is 5.88. The predicted octanol–water partition coefficient (Wildman–Crippen LogP) is 3.53. The minimum Gasteiger partial charge on any atom is -0.454 e. The number of ether oxygens (including phenoxy) is 3. The average Bonchev–Trinajstić information content (AvgIpc) is 3.34. The average molecular weight is 364 g/mol. The van der Waals surface area contributed by atoms with Crippen molar-refractivity contribution < 1.29 is 23.5 Å². The second-order valence-electron chi connectivity index (χ2n) is 5.88. The summed E-state index contributed by atoms with van der Waals surface area (Å²) < 4.78 is 20.8. The number of fused-ring (bicyclic) bond motifs is 1. The molecule has 0 bridgehead atoms. The summed E-state index contributed by atoms with van der Waals surface area (Å²) in [6.07, 6.45) is 2.97. The molecule has 1 aromatic heterocycles. The van der Waals surface area contributed by atoms with Crippen molar-refractivity contribution in [3.05, 3.63) is 65.6 Å². The summed E-state index contributed by atoms with van der Waals surface area (Å²) in [7, 11) is 0. The van der Waals surface area contributed by atoms with Gasteiger partial charge in [-0.1, -0.05) is 35.5 Å². The van der Waals surface area contributed by atoms with Crippen molar-refractivity contribution in [2.24, 2.45) is 0 Å². The highest BCUT2D eigenvalue weighted by atomic mass is 16.7. The molecule has 0 amide bonds. The zero-order valence-electron chi connectivity index (χ0n) is 14.5. The van der Waals surface area contributed by atoms with E-state index >= 15 is 0 Å². The number of esters is 1. The van der Waals surface area contributed by atoms with Crippen molar-refractivity contribution in [2.75, 3.05) is 6.79 Å². The summed E-state index contributed by atoms with van der Waals surface area (Å²) >= 11 is 0. The van der Waals surface area contributed by atoms with E-state index in [4.69, 9.17) is 18.7 Å². The van der Waals surface area contributed by atoms with Crippen molar-refractivity contribution in [3.63, 3.8) is 0 Å². The molecule has 7 nitrogen and oxygen atoms in total. The van der Waals surface area contributed by atoms with Crippen LogP contribution in [0.3, 0.4) is 0 Å². The summed E-state index contributed by atoms with van der Waals surface area (Å²) in [6.45, 7) is 2.08. The van der Waals surface area contributed by atoms with Gasteiger partial charge in [0.1, 0.15) is 0 Å². The highest BCUT2D eigenvalue weighted by molar-refractivity contribution is 5.87. The summed E-state index contributed by atoms with van der Waals surface area (Å²) in [4.78, 5) is 16.2. The van der Waals surface area contributed by atoms with Gasteiger partial charge in [0.05, 0.1) is 0 Å². The number of rotatable bonds is 5. The van der Waals surface area contributed by atoms with E-state index in [-0.39, 0.29) is 19.3 Å². The number of hydrogen-bond acceptors (Lipinski definition) is 7. The Morgan fingerprint density at radius 1 is 1.19 bits per heavy atom. The lowest BCUT2D eigenvalue weighted by atomic mass is 10.1. The maximum absolute atomic E-state index is 11.9. The molecule has 2 heterocycles. The topological polar surface area (TPSA) is 83.7 Å². The molecule has 0 saturated heterocycles. The molecule has 0 aliphatic carbocycles. The first-order chi connectivity index (χ1) is 13.2. The Bertz CT molecular complexity index is 1010. The third-order valence-electron chi connectivity index (χ3n) is 4.00. The lowest BCUT2D eigenvalue weighted by Crippen LogP contribution is -2.01. The quantitative estimate of drug-likeness (QED) is 0.506. The van der Waals surface area contributed by atoms with E-state index in [0.29, 0.717) is 17.3 Å². The van der Waals surface area contributed by atoms with E-state index in [1.807, 2.05) is 37.3 Å². The third kappa shape index (κ3) is 3.82. The van der Waals surface area contributed by atoms with Crippen LogP contribution in [-0.4, -0.2) is 22.9 Å². The molecule has 0 radical (unpaired) electrons. The third-order valence-corrected chi connectivity index (χ3v) is 4.00. The van der Waals surface area contributed by atoms with Crippen LogP contribution in [0.15, 0.2) is 53.1 Å². The lowest BCUT2D eigenvalue weighted by molar-refractivity contribution is -0.139. The maximum Gasteiger partial charge on any atom is 0.331 e. The maximum atomic E-state index is 11.9. The first-order valence-corrected chi connectivity index (χ1v) is 8.32. The van der Waals surface area contributed by atoms with Crippen LogP contribution in [0.4, 0.5) is 0 Å². The van der Waals surface area contributed by atoms with E-state index in [1.54, 1.807) is 18.2 Å². The van der Waals surface area contributed by atoms with Gasteiger partial charge in [-0.25, -0.2) is 4.79 Å². The molecular formula is C20H16N2O5. The molecule has 27 heavy (non-hydrogen) atoms. The molecule has 0 saturated carbocycles. The van der Waals surface area contributed by atoms with Crippen molar-refractivity contribution in [1.82, 2.24) is 10.1 Å². The molecule has 0 atom stereocenters. The van der Waals surface area contributed by atoms with Crippen molar-refractivity contribution in [3.8, 4) is 22.9 Å². The highest BCUT2D eigenvalue weighted by Gasteiger charge is 2.13. The lowest BCUT2D eigenvalue weighted by Gasteiger charge is -1.99. The monoisotopic (exact) mass is 364 g/mol. The molecule has 7 heteroatoms. The van der Waals surface area contributed by atoms with Crippen LogP contribution < -0.4 is 9.47 Å². The van der Waals surface area contributed by atoms with Gasteiger partial charge < -0.3 is 18.7 Å².